The molecule has 0 amide bonds. The van der Waals surface area contributed by atoms with Crippen LogP contribution in [-0.4, -0.2) is 11.7 Å². The molecule has 0 heterocycles. The molecular weight excluding hydrogens is 345 g/mol. The van der Waals surface area contributed by atoms with Gasteiger partial charge in [-0.25, -0.2) is 4.39 Å². The molecule has 2 unspecified atom stereocenters. The second-order valence-electron chi connectivity index (χ2n) is 4.50. The maximum atomic E-state index is 13.1. The van der Waals surface area contributed by atoms with E-state index in [9.17, 15) is 9.50 Å². The van der Waals surface area contributed by atoms with Gasteiger partial charge >= 0.3 is 0 Å². The fourth-order valence-corrected chi connectivity index (χ4v) is 2.83. The molecule has 106 valence electrons. The third-order valence-corrected chi connectivity index (χ3v) is 4.15. The van der Waals surface area contributed by atoms with Crippen LogP contribution in [0, 0.1) is 5.82 Å². The highest BCUT2D eigenvalue weighted by Crippen LogP contribution is 2.34. The summed E-state index contributed by atoms with van der Waals surface area (Å²) in [5, 5.41) is 11.1. The van der Waals surface area contributed by atoms with Gasteiger partial charge in [0, 0.05) is 22.0 Å². The molecule has 0 saturated carbocycles. The Morgan fingerprint density at radius 1 is 1.20 bits per heavy atom. The summed E-state index contributed by atoms with van der Waals surface area (Å²) in [7, 11) is 0. The Kier molecular flexibility index (Phi) is 5.16. The van der Waals surface area contributed by atoms with E-state index in [0.717, 1.165) is 5.56 Å². The van der Waals surface area contributed by atoms with Crippen LogP contribution in [-0.2, 0) is 0 Å². The molecule has 3 N–H and O–H groups in total. The molecule has 2 aromatic rings. The van der Waals surface area contributed by atoms with Gasteiger partial charge in [0.2, 0.25) is 0 Å². The Bertz CT molecular complexity index is 591. The zero-order valence-electron chi connectivity index (χ0n) is 10.6. The summed E-state index contributed by atoms with van der Waals surface area (Å²) >= 11 is 9.12. The fourth-order valence-electron chi connectivity index (χ4n) is 2.12. The van der Waals surface area contributed by atoms with Gasteiger partial charge in [0.15, 0.2) is 0 Å². The summed E-state index contributed by atoms with van der Waals surface area (Å²) < 4.78 is 13.6. The smallest absolute Gasteiger partial charge is 0.124 e. The van der Waals surface area contributed by atoms with E-state index in [0.29, 0.717) is 15.1 Å². The minimum atomic E-state index is -0.823. The quantitative estimate of drug-likeness (QED) is 0.867. The second-order valence-corrected chi connectivity index (χ2v) is 5.80. The summed E-state index contributed by atoms with van der Waals surface area (Å²) in [6.45, 7) is 0.270. The first-order valence-electron chi connectivity index (χ1n) is 6.11. The summed E-state index contributed by atoms with van der Waals surface area (Å²) in [6.07, 6.45) is -0.823. The van der Waals surface area contributed by atoms with Crippen molar-refractivity contribution in [2.24, 2.45) is 5.73 Å². The lowest BCUT2D eigenvalue weighted by Crippen LogP contribution is -2.20. The lowest BCUT2D eigenvalue weighted by atomic mass is 9.89. The zero-order chi connectivity index (χ0) is 14.7. The van der Waals surface area contributed by atoms with Crippen LogP contribution in [0.1, 0.15) is 23.1 Å². The van der Waals surface area contributed by atoms with Crippen molar-refractivity contribution in [1.82, 2.24) is 0 Å². The molecule has 5 heteroatoms. The van der Waals surface area contributed by atoms with Gasteiger partial charge in [0.25, 0.3) is 0 Å². The van der Waals surface area contributed by atoms with Crippen molar-refractivity contribution in [2.75, 3.05) is 6.54 Å². The standard InChI is InChI=1S/C15H14BrClFNO/c16-14-7-11(18)5-6-12(14)15(20)13(8-19)9-1-3-10(17)4-2-9/h1-7,13,15,20H,8,19H2. The number of halogens is 3. The van der Waals surface area contributed by atoms with Gasteiger partial charge in [-0.2, -0.15) is 0 Å². The molecule has 0 radical (unpaired) electrons. The summed E-state index contributed by atoms with van der Waals surface area (Å²) in [5.41, 5.74) is 7.28. The van der Waals surface area contributed by atoms with E-state index in [1.54, 1.807) is 18.2 Å². The lowest BCUT2D eigenvalue weighted by molar-refractivity contribution is 0.146. The molecule has 0 saturated heterocycles. The Labute approximate surface area is 130 Å². The Hall–Kier alpha value is -0.940. The highest BCUT2D eigenvalue weighted by Gasteiger charge is 2.23. The molecule has 0 spiro atoms. The van der Waals surface area contributed by atoms with Crippen LogP contribution in [0.15, 0.2) is 46.9 Å². The van der Waals surface area contributed by atoms with Crippen molar-refractivity contribution in [3.63, 3.8) is 0 Å². The first-order valence-corrected chi connectivity index (χ1v) is 7.28. The van der Waals surface area contributed by atoms with Crippen molar-refractivity contribution in [2.45, 2.75) is 12.0 Å². The average molecular weight is 359 g/mol. The molecule has 2 rings (SSSR count). The Morgan fingerprint density at radius 2 is 1.85 bits per heavy atom. The van der Waals surface area contributed by atoms with Crippen molar-refractivity contribution < 1.29 is 9.50 Å². The van der Waals surface area contributed by atoms with E-state index in [1.807, 2.05) is 12.1 Å². The number of aliphatic hydroxyl groups excluding tert-OH is 1. The lowest BCUT2D eigenvalue weighted by Gasteiger charge is -2.23. The van der Waals surface area contributed by atoms with E-state index in [4.69, 9.17) is 17.3 Å². The highest BCUT2D eigenvalue weighted by molar-refractivity contribution is 9.10. The van der Waals surface area contributed by atoms with E-state index >= 15 is 0 Å². The van der Waals surface area contributed by atoms with Crippen molar-refractivity contribution in [3.05, 3.63) is 68.9 Å². The van der Waals surface area contributed by atoms with E-state index < -0.39 is 6.10 Å². The Morgan fingerprint density at radius 3 is 2.40 bits per heavy atom. The number of hydrogen-bond donors (Lipinski definition) is 2. The zero-order valence-corrected chi connectivity index (χ0v) is 12.9. The fraction of sp³-hybridized carbons (Fsp3) is 0.200. The van der Waals surface area contributed by atoms with Crippen LogP contribution in [0.5, 0.6) is 0 Å². The topological polar surface area (TPSA) is 46.2 Å². The summed E-state index contributed by atoms with van der Waals surface area (Å²) in [6, 6.07) is 11.4. The minimum Gasteiger partial charge on any atom is -0.388 e. The van der Waals surface area contributed by atoms with Gasteiger partial charge in [-0.3, -0.25) is 0 Å². The van der Waals surface area contributed by atoms with Gasteiger partial charge < -0.3 is 10.8 Å². The number of rotatable bonds is 4. The minimum absolute atomic E-state index is 0.270. The average Bonchev–Trinajstić information content (AvgIpc) is 2.41. The normalized spacial score (nSPS) is 14.1. The predicted octanol–water partition coefficient (Wildman–Crippen LogP) is 4.02. The molecular formula is C15H14BrClFNO. The molecule has 0 aliphatic heterocycles. The molecule has 0 fully saturated rings. The largest absolute Gasteiger partial charge is 0.388 e. The SMILES string of the molecule is NCC(c1ccc(Cl)cc1)C(O)c1ccc(F)cc1Br. The molecule has 0 aromatic heterocycles. The van der Waals surface area contributed by atoms with Crippen LogP contribution in [0.25, 0.3) is 0 Å². The van der Waals surface area contributed by atoms with Crippen molar-refractivity contribution in [1.29, 1.82) is 0 Å². The highest BCUT2D eigenvalue weighted by atomic mass is 79.9. The molecule has 0 bridgehead atoms. The van der Waals surface area contributed by atoms with Crippen LogP contribution in [0.2, 0.25) is 5.02 Å². The van der Waals surface area contributed by atoms with E-state index in [-0.39, 0.29) is 18.3 Å². The third-order valence-electron chi connectivity index (χ3n) is 3.21. The van der Waals surface area contributed by atoms with Crippen LogP contribution in [0.4, 0.5) is 4.39 Å². The monoisotopic (exact) mass is 357 g/mol. The molecule has 2 atom stereocenters. The van der Waals surface area contributed by atoms with Crippen molar-refractivity contribution in [3.8, 4) is 0 Å². The maximum Gasteiger partial charge on any atom is 0.124 e. The number of aliphatic hydroxyl groups is 1. The van der Waals surface area contributed by atoms with Gasteiger partial charge in [-0.15, -0.1) is 0 Å². The van der Waals surface area contributed by atoms with Crippen LogP contribution >= 0.6 is 27.5 Å². The third kappa shape index (κ3) is 3.38. The van der Waals surface area contributed by atoms with Crippen molar-refractivity contribution >= 4 is 27.5 Å². The van der Waals surface area contributed by atoms with E-state index in [2.05, 4.69) is 15.9 Å². The van der Waals surface area contributed by atoms with Crippen LogP contribution < -0.4 is 5.73 Å². The first-order chi connectivity index (χ1) is 9.52. The van der Waals surface area contributed by atoms with Gasteiger partial charge in [-0.05, 0) is 35.4 Å². The van der Waals surface area contributed by atoms with Gasteiger partial charge in [-0.1, -0.05) is 45.7 Å². The molecule has 2 nitrogen and oxygen atoms in total. The number of hydrogen-bond acceptors (Lipinski definition) is 2. The molecule has 20 heavy (non-hydrogen) atoms. The maximum absolute atomic E-state index is 13.1. The number of nitrogens with two attached hydrogens (primary N) is 1. The summed E-state index contributed by atoms with van der Waals surface area (Å²) in [4.78, 5) is 0. The molecule has 0 aliphatic carbocycles. The Balaban J connectivity index is 2.33. The predicted molar refractivity (Wildman–Crippen MR) is 82.3 cm³/mol. The second kappa shape index (κ2) is 6.68. The molecule has 2 aromatic carbocycles. The number of benzene rings is 2. The van der Waals surface area contributed by atoms with Gasteiger partial charge in [0.05, 0.1) is 6.10 Å². The first kappa shape index (κ1) is 15.4. The van der Waals surface area contributed by atoms with E-state index in [1.165, 1.54) is 12.1 Å². The molecule has 0 aliphatic rings. The van der Waals surface area contributed by atoms with Gasteiger partial charge in [0.1, 0.15) is 5.82 Å². The summed E-state index contributed by atoms with van der Waals surface area (Å²) in [5.74, 6) is -0.641. The van der Waals surface area contributed by atoms with Crippen LogP contribution in [0.3, 0.4) is 0 Å².